The van der Waals surface area contributed by atoms with Crippen molar-refractivity contribution in [3.63, 3.8) is 0 Å². The smallest absolute Gasteiger partial charge is 0.256 e. The first kappa shape index (κ1) is 15.0. The van der Waals surface area contributed by atoms with E-state index in [2.05, 4.69) is 12.1 Å². The predicted octanol–water partition coefficient (Wildman–Crippen LogP) is 3.11. The molecular weight excluding hydrogens is 267 g/mol. The average molecular weight is 286 g/mol. The topological polar surface area (TPSA) is 46.3 Å². The molecule has 3 nitrogen and oxygen atoms in total. The number of halogens is 1. The monoisotopic (exact) mass is 286 g/mol. The van der Waals surface area contributed by atoms with Crippen molar-refractivity contribution in [1.82, 2.24) is 4.90 Å². The number of anilines is 1. The summed E-state index contributed by atoms with van der Waals surface area (Å²) in [5.74, 6) is -0.878. The average Bonchev–Trinajstić information content (AvgIpc) is 2.50. The second-order valence-electron chi connectivity index (χ2n) is 5.06. The van der Waals surface area contributed by atoms with E-state index in [9.17, 15) is 9.18 Å². The molecule has 2 N–H and O–H groups in total. The first-order valence-electron chi connectivity index (χ1n) is 6.92. The molecule has 110 valence electrons. The molecule has 0 spiro atoms. The lowest BCUT2D eigenvalue weighted by molar-refractivity contribution is 0.0789. The van der Waals surface area contributed by atoms with Gasteiger partial charge in [-0.1, -0.05) is 30.3 Å². The summed E-state index contributed by atoms with van der Waals surface area (Å²) in [6.45, 7) is 0.571. The van der Waals surface area contributed by atoms with Gasteiger partial charge in [-0.2, -0.15) is 0 Å². The Hall–Kier alpha value is -2.36. The maximum Gasteiger partial charge on any atom is 0.256 e. The van der Waals surface area contributed by atoms with Gasteiger partial charge in [0.15, 0.2) is 0 Å². The normalized spacial score (nSPS) is 10.4. The van der Waals surface area contributed by atoms with Crippen LogP contribution in [0, 0.1) is 5.82 Å². The van der Waals surface area contributed by atoms with Crippen molar-refractivity contribution in [3.05, 3.63) is 65.5 Å². The highest BCUT2D eigenvalue weighted by Crippen LogP contribution is 2.14. The zero-order valence-electron chi connectivity index (χ0n) is 12.1. The van der Waals surface area contributed by atoms with Crippen LogP contribution in [0.1, 0.15) is 22.3 Å². The Kier molecular flexibility index (Phi) is 4.93. The number of nitrogens with zero attached hydrogens (tertiary/aromatic N) is 1. The number of amides is 1. The van der Waals surface area contributed by atoms with Gasteiger partial charge in [0.25, 0.3) is 5.91 Å². The number of nitrogen functional groups attached to an aromatic ring is 1. The standard InChI is InChI=1S/C17H19FN2O/c1-20(11-5-8-13-6-3-2-4-7-13)17(21)15-12-14(19)9-10-16(15)18/h2-4,6-7,9-10,12H,5,8,11,19H2,1H3. The van der Waals surface area contributed by atoms with Gasteiger partial charge in [-0.3, -0.25) is 4.79 Å². The summed E-state index contributed by atoms with van der Waals surface area (Å²) in [4.78, 5) is 13.7. The largest absolute Gasteiger partial charge is 0.399 e. The van der Waals surface area contributed by atoms with Crippen molar-refractivity contribution in [2.75, 3.05) is 19.3 Å². The number of aryl methyl sites for hydroxylation is 1. The van der Waals surface area contributed by atoms with Crippen LogP contribution in [0.2, 0.25) is 0 Å². The van der Waals surface area contributed by atoms with Crippen LogP contribution in [-0.4, -0.2) is 24.4 Å². The van der Waals surface area contributed by atoms with Crippen LogP contribution in [0.4, 0.5) is 10.1 Å². The second kappa shape index (κ2) is 6.88. The lowest BCUT2D eigenvalue weighted by atomic mass is 10.1. The van der Waals surface area contributed by atoms with Crippen molar-refractivity contribution >= 4 is 11.6 Å². The molecule has 21 heavy (non-hydrogen) atoms. The van der Waals surface area contributed by atoms with Crippen molar-refractivity contribution in [2.24, 2.45) is 0 Å². The van der Waals surface area contributed by atoms with E-state index < -0.39 is 5.82 Å². The number of nitrogens with two attached hydrogens (primary N) is 1. The lowest BCUT2D eigenvalue weighted by Gasteiger charge is -2.17. The van der Waals surface area contributed by atoms with E-state index in [1.807, 2.05) is 18.2 Å². The molecule has 0 radical (unpaired) electrons. The van der Waals surface area contributed by atoms with Crippen LogP contribution in [0.3, 0.4) is 0 Å². The van der Waals surface area contributed by atoms with Gasteiger partial charge in [0.05, 0.1) is 5.56 Å². The Morgan fingerprint density at radius 3 is 2.62 bits per heavy atom. The van der Waals surface area contributed by atoms with Crippen LogP contribution in [-0.2, 0) is 6.42 Å². The molecule has 1 amide bonds. The fraction of sp³-hybridized carbons (Fsp3) is 0.235. The minimum Gasteiger partial charge on any atom is -0.399 e. The molecule has 0 aliphatic rings. The van der Waals surface area contributed by atoms with Gasteiger partial charge in [-0.15, -0.1) is 0 Å². The van der Waals surface area contributed by atoms with E-state index in [4.69, 9.17) is 5.73 Å². The van der Waals surface area contributed by atoms with Crippen LogP contribution in [0.25, 0.3) is 0 Å². The van der Waals surface area contributed by atoms with E-state index in [0.717, 1.165) is 12.8 Å². The quantitative estimate of drug-likeness (QED) is 0.858. The Morgan fingerprint density at radius 2 is 1.90 bits per heavy atom. The number of rotatable bonds is 5. The SMILES string of the molecule is CN(CCCc1ccccc1)C(=O)c1cc(N)ccc1F. The molecule has 0 bridgehead atoms. The van der Waals surface area contributed by atoms with E-state index in [1.54, 1.807) is 7.05 Å². The zero-order valence-corrected chi connectivity index (χ0v) is 12.1. The molecule has 0 saturated heterocycles. The summed E-state index contributed by atoms with van der Waals surface area (Å²) >= 11 is 0. The minimum atomic E-state index is -0.538. The molecule has 0 aromatic heterocycles. The van der Waals surface area contributed by atoms with Crippen LogP contribution < -0.4 is 5.73 Å². The van der Waals surface area contributed by atoms with E-state index >= 15 is 0 Å². The molecule has 0 aliphatic carbocycles. The van der Waals surface area contributed by atoms with Gasteiger partial charge in [-0.25, -0.2) is 4.39 Å². The summed E-state index contributed by atoms with van der Waals surface area (Å²) in [7, 11) is 1.68. The van der Waals surface area contributed by atoms with Crippen LogP contribution in [0.5, 0.6) is 0 Å². The van der Waals surface area contributed by atoms with Crippen molar-refractivity contribution in [2.45, 2.75) is 12.8 Å². The maximum absolute atomic E-state index is 13.7. The number of carbonyl (C=O) groups excluding carboxylic acids is 1. The zero-order chi connectivity index (χ0) is 15.2. The fourth-order valence-electron chi connectivity index (χ4n) is 2.18. The van der Waals surface area contributed by atoms with Gasteiger partial charge in [0, 0.05) is 19.3 Å². The summed E-state index contributed by atoms with van der Waals surface area (Å²) in [6.07, 6.45) is 1.72. The highest BCUT2D eigenvalue weighted by molar-refractivity contribution is 5.95. The lowest BCUT2D eigenvalue weighted by Crippen LogP contribution is -2.28. The third kappa shape index (κ3) is 4.05. The molecule has 0 unspecified atom stereocenters. The van der Waals surface area contributed by atoms with Gasteiger partial charge in [-0.05, 0) is 36.6 Å². The number of carbonyl (C=O) groups is 1. The number of hydrogen-bond donors (Lipinski definition) is 1. The van der Waals surface area contributed by atoms with E-state index in [0.29, 0.717) is 12.2 Å². The van der Waals surface area contributed by atoms with Gasteiger partial charge in [0.1, 0.15) is 5.82 Å². The molecule has 0 heterocycles. The number of benzene rings is 2. The van der Waals surface area contributed by atoms with Crippen molar-refractivity contribution < 1.29 is 9.18 Å². The van der Waals surface area contributed by atoms with Crippen LogP contribution in [0.15, 0.2) is 48.5 Å². The molecule has 2 aromatic rings. The minimum absolute atomic E-state index is 0.0252. The van der Waals surface area contributed by atoms with Crippen molar-refractivity contribution in [3.8, 4) is 0 Å². The third-order valence-corrected chi connectivity index (χ3v) is 3.37. The van der Waals surface area contributed by atoms with E-state index in [-0.39, 0.29) is 11.5 Å². The van der Waals surface area contributed by atoms with Gasteiger partial charge in [0.2, 0.25) is 0 Å². The third-order valence-electron chi connectivity index (χ3n) is 3.37. The first-order chi connectivity index (χ1) is 10.1. The fourth-order valence-corrected chi connectivity index (χ4v) is 2.18. The Morgan fingerprint density at radius 1 is 1.19 bits per heavy atom. The second-order valence-corrected chi connectivity index (χ2v) is 5.06. The molecule has 2 aromatic carbocycles. The summed E-state index contributed by atoms with van der Waals surface area (Å²) in [5, 5.41) is 0. The Labute approximate surface area is 124 Å². The highest BCUT2D eigenvalue weighted by atomic mass is 19.1. The summed E-state index contributed by atoms with van der Waals surface area (Å²) in [5.41, 5.74) is 7.25. The molecule has 0 atom stereocenters. The molecule has 4 heteroatoms. The molecular formula is C17H19FN2O. The predicted molar refractivity (Wildman–Crippen MR) is 82.5 cm³/mol. The molecule has 0 aliphatic heterocycles. The molecule has 0 fully saturated rings. The number of hydrogen-bond acceptors (Lipinski definition) is 2. The Balaban J connectivity index is 1.92. The van der Waals surface area contributed by atoms with Gasteiger partial charge >= 0.3 is 0 Å². The summed E-state index contributed by atoms with van der Waals surface area (Å²) < 4.78 is 13.7. The molecule has 0 saturated carbocycles. The van der Waals surface area contributed by atoms with E-state index in [1.165, 1.54) is 28.7 Å². The highest BCUT2D eigenvalue weighted by Gasteiger charge is 2.16. The van der Waals surface area contributed by atoms with Gasteiger partial charge < -0.3 is 10.6 Å². The first-order valence-corrected chi connectivity index (χ1v) is 6.92. The van der Waals surface area contributed by atoms with Crippen LogP contribution >= 0.6 is 0 Å². The maximum atomic E-state index is 13.7. The van der Waals surface area contributed by atoms with Crippen molar-refractivity contribution in [1.29, 1.82) is 0 Å². The Bertz CT molecular complexity index is 613. The molecule has 2 rings (SSSR count). The summed E-state index contributed by atoms with van der Waals surface area (Å²) in [6, 6.07) is 14.1.